The highest BCUT2D eigenvalue weighted by atomic mass is 32.1. The van der Waals surface area contributed by atoms with Gasteiger partial charge < -0.3 is 9.47 Å². The third-order valence-electron chi connectivity index (χ3n) is 3.70. The van der Waals surface area contributed by atoms with E-state index >= 15 is 0 Å². The topological polar surface area (TPSA) is 58.4 Å². The lowest BCUT2D eigenvalue weighted by atomic mass is 10.2. The highest BCUT2D eigenvalue weighted by Crippen LogP contribution is 2.25. The number of benzene rings is 1. The number of ether oxygens (including phenoxy) is 2. The third-order valence-corrected chi connectivity index (χ3v) is 4.76. The van der Waals surface area contributed by atoms with Crippen LogP contribution in [-0.4, -0.2) is 42.7 Å². The lowest BCUT2D eigenvalue weighted by Crippen LogP contribution is -2.40. The van der Waals surface area contributed by atoms with Gasteiger partial charge in [0.15, 0.2) is 0 Å². The van der Waals surface area contributed by atoms with Crippen LogP contribution in [0.4, 0.5) is 0 Å². The normalized spacial score (nSPS) is 18.5. The van der Waals surface area contributed by atoms with Gasteiger partial charge in [0.1, 0.15) is 23.5 Å². The van der Waals surface area contributed by atoms with Crippen LogP contribution < -0.4 is 4.74 Å². The molecule has 23 heavy (non-hydrogen) atoms. The number of aromatic nitrogens is 1. The van der Waals surface area contributed by atoms with Crippen LogP contribution in [0.2, 0.25) is 0 Å². The average Bonchev–Trinajstić information content (AvgIpc) is 3.02. The first kappa shape index (κ1) is 15.9. The molecule has 0 bridgehead atoms. The van der Waals surface area contributed by atoms with Crippen molar-refractivity contribution in [1.82, 2.24) is 9.88 Å². The molecule has 120 valence electrons. The van der Waals surface area contributed by atoms with Crippen LogP contribution >= 0.6 is 11.3 Å². The largest absolute Gasteiger partial charge is 0.492 e. The van der Waals surface area contributed by atoms with E-state index in [1.165, 1.54) is 0 Å². The molecule has 0 radical (unpaired) electrons. The van der Waals surface area contributed by atoms with Crippen molar-refractivity contribution >= 4 is 11.3 Å². The number of aryl methyl sites for hydroxylation is 1. The number of nitrogens with zero attached hydrogens (tertiary/aromatic N) is 3. The summed E-state index contributed by atoms with van der Waals surface area (Å²) in [4.78, 5) is 6.85. The van der Waals surface area contributed by atoms with E-state index in [9.17, 15) is 0 Å². The zero-order chi connectivity index (χ0) is 16.1. The van der Waals surface area contributed by atoms with Gasteiger partial charge in [-0.1, -0.05) is 6.07 Å². The molecule has 1 aliphatic heterocycles. The first-order valence-corrected chi connectivity index (χ1v) is 8.51. The highest BCUT2D eigenvalue weighted by molar-refractivity contribution is 7.09. The van der Waals surface area contributed by atoms with Crippen LogP contribution in [0, 0.1) is 18.3 Å². The summed E-state index contributed by atoms with van der Waals surface area (Å²) in [7, 11) is 0. The minimum absolute atomic E-state index is 0.0596. The van der Waals surface area contributed by atoms with Gasteiger partial charge in [-0.05, 0) is 25.1 Å². The smallest absolute Gasteiger partial charge is 0.123 e. The van der Waals surface area contributed by atoms with Crippen molar-refractivity contribution in [3.63, 3.8) is 0 Å². The summed E-state index contributed by atoms with van der Waals surface area (Å²) >= 11 is 1.66. The Labute approximate surface area is 140 Å². The van der Waals surface area contributed by atoms with E-state index in [-0.39, 0.29) is 6.10 Å². The second kappa shape index (κ2) is 7.55. The molecule has 6 heteroatoms. The van der Waals surface area contributed by atoms with Gasteiger partial charge in [-0.15, -0.1) is 11.3 Å². The molecule has 5 nitrogen and oxygen atoms in total. The SMILES string of the molecule is Cc1csc([C@@H]2CN(CCOc3cccc(C#N)c3)CCO2)n1. The molecule has 0 saturated carbocycles. The molecule has 3 rings (SSSR count). The lowest BCUT2D eigenvalue weighted by molar-refractivity contribution is -0.0330. The van der Waals surface area contributed by atoms with E-state index in [1.807, 2.05) is 19.1 Å². The molecule has 0 amide bonds. The summed E-state index contributed by atoms with van der Waals surface area (Å²) in [5.41, 5.74) is 1.67. The predicted octanol–water partition coefficient (Wildman–Crippen LogP) is 2.78. The van der Waals surface area contributed by atoms with Crippen molar-refractivity contribution in [3.8, 4) is 11.8 Å². The molecule has 0 N–H and O–H groups in total. The van der Waals surface area contributed by atoms with Crippen molar-refractivity contribution in [1.29, 1.82) is 5.26 Å². The minimum atomic E-state index is 0.0596. The number of rotatable bonds is 5. The summed E-state index contributed by atoms with van der Waals surface area (Å²) in [6.45, 7) is 5.90. The van der Waals surface area contributed by atoms with Crippen LogP contribution in [0.1, 0.15) is 22.4 Å². The van der Waals surface area contributed by atoms with Gasteiger partial charge in [0.25, 0.3) is 0 Å². The molecule has 0 unspecified atom stereocenters. The number of hydrogen-bond acceptors (Lipinski definition) is 6. The average molecular weight is 329 g/mol. The molecule has 1 atom stereocenters. The van der Waals surface area contributed by atoms with Crippen molar-refractivity contribution in [2.75, 3.05) is 32.8 Å². The van der Waals surface area contributed by atoms with Crippen LogP contribution in [0.5, 0.6) is 5.75 Å². The summed E-state index contributed by atoms with van der Waals surface area (Å²) in [6, 6.07) is 9.37. The number of morpholine rings is 1. The highest BCUT2D eigenvalue weighted by Gasteiger charge is 2.24. The molecule has 1 aliphatic rings. The van der Waals surface area contributed by atoms with E-state index in [0.29, 0.717) is 18.8 Å². The Balaban J connectivity index is 1.49. The fourth-order valence-corrected chi connectivity index (χ4v) is 3.36. The Morgan fingerprint density at radius 2 is 2.43 bits per heavy atom. The third kappa shape index (κ3) is 4.29. The monoisotopic (exact) mass is 329 g/mol. The Kier molecular flexibility index (Phi) is 5.23. The summed E-state index contributed by atoms with van der Waals surface area (Å²) in [6.07, 6.45) is 0.0596. The molecule has 2 heterocycles. The first-order valence-electron chi connectivity index (χ1n) is 7.63. The van der Waals surface area contributed by atoms with Gasteiger partial charge in [-0.3, -0.25) is 4.90 Å². The maximum absolute atomic E-state index is 8.90. The first-order chi connectivity index (χ1) is 11.2. The standard InChI is InChI=1S/C17H19N3O2S/c1-13-12-23-17(19-13)16-11-20(6-8-22-16)5-7-21-15-4-2-3-14(9-15)10-18/h2-4,9,12,16H,5-8,11H2,1H3/t16-/m0/s1. The summed E-state index contributed by atoms with van der Waals surface area (Å²) in [5.74, 6) is 0.740. The van der Waals surface area contributed by atoms with Gasteiger partial charge in [0.2, 0.25) is 0 Å². The molecule has 1 aromatic heterocycles. The summed E-state index contributed by atoms with van der Waals surface area (Å²) in [5, 5.41) is 12.0. The maximum atomic E-state index is 8.90. The quantitative estimate of drug-likeness (QED) is 0.844. The van der Waals surface area contributed by atoms with E-state index in [0.717, 1.165) is 36.1 Å². The van der Waals surface area contributed by atoms with Gasteiger partial charge >= 0.3 is 0 Å². The summed E-state index contributed by atoms with van der Waals surface area (Å²) < 4.78 is 11.6. The van der Waals surface area contributed by atoms with Crippen molar-refractivity contribution in [2.45, 2.75) is 13.0 Å². The fraction of sp³-hybridized carbons (Fsp3) is 0.412. The van der Waals surface area contributed by atoms with Gasteiger partial charge in [0, 0.05) is 30.7 Å². The van der Waals surface area contributed by atoms with Crippen molar-refractivity contribution < 1.29 is 9.47 Å². The second-order valence-electron chi connectivity index (χ2n) is 5.48. The molecule has 0 aliphatic carbocycles. The van der Waals surface area contributed by atoms with Crippen molar-refractivity contribution in [2.24, 2.45) is 0 Å². The van der Waals surface area contributed by atoms with E-state index in [1.54, 1.807) is 23.5 Å². The molecular weight excluding hydrogens is 310 g/mol. The molecular formula is C17H19N3O2S. The fourth-order valence-electron chi connectivity index (χ4n) is 2.52. The van der Waals surface area contributed by atoms with E-state index in [2.05, 4.69) is 21.3 Å². The maximum Gasteiger partial charge on any atom is 0.123 e. The Morgan fingerprint density at radius 3 is 3.22 bits per heavy atom. The zero-order valence-corrected chi connectivity index (χ0v) is 13.9. The van der Waals surface area contributed by atoms with Crippen LogP contribution in [0.15, 0.2) is 29.6 Å². The number of nitriles is 1. The van der Waals surface area contributed by atoms with Crippen LogP contribution in [-0.2, 0) is 4.74 Å². The number of hydrogen-bond donors (Lipinski definition) is 0. The number of thiazole rings is 1. The van der Waals surface area contributed by atoms with Gasteiger partial charge in [-0.2, -0.15) is 5.26 Å². The Morgan fingerprint density at radius 1 is 1.52 bits per heavy atom. The van der Waals surface area contributed by atoms with Gasteiger partial charge in [-0.25, -0.2) is 4.98 Å². The van der Waals surface area contributed by atoms with Crippen molar-refractivity contribution in [3.05, 3.63) is 45.9 Å². The lowest BCUT2D eigenvalue weighted by Gasteiger charge is -2.31. The molecule has 0 spiro atoms. The van der Waals surface area contributed by atoms with Crippen LogP contribution in [0.3, 0.4) is 0 Å². The van der Waals surface area contributed by atoms with Crippen LogP contribution in [0.25, 0.3) is 0 Å². The zero-order valence-electron chi connectivity index (χ0n) is 13.1. The van der Waals surface area contributed by atoms with E-state index < -0.39 is 0 Å². The van der Waals surface area contributed by atoms with E-state index in [4.69, 9.17) is 14.7 Å². The predicted molar refractivity (Wildman–Crippen MR) is 88.6 cm³/mol. The molecule has 1 fully saturated rings. The molecule has 1 aromatic carbocycles. The Hall–Kier alpha value is -1.94. The minimum Gasteiger partial charge on any atom is -0.492 e. The molecule has 1 saturated heterocycles. The molecule has 2 aromatic rings. The second-order valence-corrected chi connectivity index (χ2v) is 6.36. The van der Waals surface area contributed by atoms with Gasteiger partial charge in [0.05, 0.1) is 18.2 Å². The Bertz CT molecular complexity index is 695.